The average molecular weight is 431 g/mol. The van der Waals surface area contributed by atoms with Gasteiger partial charge in [-0.15, -0.1) is 0 Å². The number of benzene rings is 2. The zero-order valence-electron chi connectivity index (χ0n) is 17.4. The van der Waals surface area contributed by atoms with Gasteiger partial charge in [-0.3, -0.25) is 4.79 Å². The van der Waals surface area contributed by atoms with E-state index in [2.05, 4.69) is 10.1 Å². The number of amides is 1. The Hall–Kier alpha value is -3.74. The molecule has 0 saturated carbocycles. The van der Waals surface area contributed by atoms with Crippen LogP contribution in [-0.4, -0.2) is 27.5 Å². The third-order valence-electron chi connectivity index (χ3n) is 5.70. The molecule has 1 saturated heterocycles. The molecule has 0 unspecified atom stereocenters. The van der Waals surface area contributed by atoms with Crippen molar-refractivity contribution in [2.24, 2.45) is 0 Å². The monoisotopic (exact) mass is 431 g/mol. The lowest BCUT2D eigenvalue weighted by Crippen LogP contribution is -2.38. The van der Waals surface area contributed by atoms with Crippen LogP contribution in [0.4, 0.5) is 4.39 Å². The van der Waals surface area contributed by atoms with E-state index in [9.17, 15) is 9.18 Å². The van der Waals surface area contributed by atoms with Gasteiger partial charge in [0, 0.05) is 24.6 Å². The Bertz CT molecular complexity index is 1200. The van der Waals surface area contributed by atoms with Gasteiger partial charge in [0.2, 0.25) is 11.7 Å². The van der Waals surface area contributed by atoms with Crippen LogP contribution < -0.4 is 0 Å². The van der Waals surface area contributed by atoms with Crippen molar-refractivity contribution in [1.82, 2.24) is 15.0 Å². The topological polar surface area (TPSA) is 72.4 Å². The lowest BCUT2D eigenvalue weighted by Gasteiger charge is -2.32. The SMILES string of the molecule is O=C(c1cc(-c2ccc(F)cc2)no1)N1CCCC[C@H]1c1ncc(Cc2ccccc2)o1. The quantitative estimate of drug-likeness (QED) is 0.421. The number of nitrogens with zero attached hydrogens (tertiary/aromatic N) is 3. The van der Waals surface area contributed by atoms with Crippen molar-refractivity contribution in [3.05, 3.63) is 95.7 Å². The molecule has 1 fully saturated rings. The van der Waals surface area contributed by atoms with E-state index in [1.54, 1.807) is 29.3 Å². The summed E-state index contributed by atoms with van der Waals surface area (Å²) in [6.45, 7) is 0.590. The first kappa shape index (κ1) is 20.2. The number of carbonyl (C=O) groups is 1. The molecule has 1 aliphatic rings. The van der Waals surface area contributed by atoms with Crippen molar-refractivity contribution in [3.63, 3.8) is 0 Å². The van der Waals surface area contributed by atoms with Crippen LogP contribution in [0.25, 0.3) is 11.3 Å². The summed E-state index contributed by atoms with van der Waals surface area (Å²) in [6, 6.07) is 17.3. The fourth-order valence-corrected chi connectivity index (χ4v) is 4.06. The fourth-order valence-electron chi connectivity index (χ4n) is 4.06. The van der Waals surface area contributed by atoms with Crippen LogP contribution in [0.3, 0.4) is 0 Å². The molecule has 0 radical (unpaired) electrons. The van der Waals surface area contributed by atoms with Crippen LogP contribution >= 0.6 is 0 Å². The fraction of sp³-hybridized carbons (Fsp3) is 0.240. The van der Waals surface area contributed by atoms with Crippen molar-refractivity contribution in [1.29, 1.82) is 0 Å². The molecule has 0 aliphatic carbocycles. The van der Waals surface area contributed by atoms with Gasteiger partial charge in [0.05, 0.1) is 6.20 Å². The van der Waals surface area contributed by atoms with Crippen molar-refractivity contribution >= 4 is 5.91 Å². The highest BCUT2D eigenvalue weighted by atomic mass is 19.1. The molecule has 1 aliphatic heterocycles. The minimum absolute atomic E-state index is 0.146. The second-order valence-electron chi connectivity index (χ2n) is 7.92. The third-order valence-corrected chi connectivity index (χ3v) is 5.70. The van der Waals surface area contributed by atoms with Gasteiger partial charge >= 0.3 is 0 Å². The number of halogens is 1. The normalized spacial score (nSPS) is 16.3. The highest BCUT2D eigenvalue weighted by molar-refractivity contribution is 5.92. The molecule has 1 amide bonds. The number of piperidine rings is 1. The first-order chi connectivity index (χ1) is 15.7. The summed E-state index contributed by atoms with van der Waals surface area (Å²) in [4.78, 5) is 19.5. The van der Waals surface area contributed by atoms with E-state index in [4.69, 9.17) is 8.94 Å². The smallest absolute Gasteiger partial charge is 0.293 e. The Morgan fingerprint density at radius 1 is 1.09 bits per heavy atom. The molecular weight excluding hydrogens is 409 g/mol. The number of oxazole rings is 1. The summed E-state index contributed by atoms with van der Waals surface area (Å²) in [5.74, 6) is 0.873. The number of aromatic nitrogens is 2. The van der Waals surface area contributed by atoms with Crippen LogP contribution in [0.5, 0.6) is 0 Å². The summed E-state index contributed by atoms with van der Waals surface area (Å²) >= 11 is 0. The van der Waals surface area contributed by atoms with Crippen molar-refractivity contribution < 1.29 is 18.1 Å². The first-order valence-corrected chi connectivity index (χ1v) is 10.7. The van der Waals surface area contributed by atoms with E-state index in [-0.39, 0.29) is 23.5 Å². The molecule has 7 heteroatoms. The van der Waals surface area contributed by atoms with E-state index in [0.717, 1.165) is 30.6 Å². The standard InChI is InChI=1S/C25H22FN3O3/c26-19-11-9-18(10-12-19)21-15-23(32-28-21)25(30)29-13-5-4-8-22(29)24-27-16-20(31-24)14-17-6-2-1-3-7-17/h1-3,6-7,9-12,15-16,22H,4-5,8,13-14H2/t22-/m0/s1. The predicted molar refractivity (Wildman–Crippen MR) is 115 cm³/mol. The van der Waals surface area contributed by atoms with E-state index in [0.29, 0.717) is 30.1 Å². The molecule has 4 aromatic rings. The second-order valence-corrected chi connectivity index (χ2v) is 7.92. The molecule has 5 rings (SSSR count). The van der Waals surface area contributed by atoms with Crippen molar-refractivity contribution in [2.75, 3.05) is 6.54 Å². The Morgan fingerprint density at radius 2 is 1.91 bits per heavy atom. The average Bonchev–Trinajstić information content (AvgIpc) is 3.50. The van der Waals surface area contributed by atoms with E-state index in [1.165, 1.54) is 12.1 Å². The van der Waals surface area contributed by atoms with E-state index >= 15 is 0 Å². The molecule has 0 N–H and O–H groups in total. The number of likely N-dealkylation sites (tertiary alicyclic amines) is 1. The summed E-state index contributed by atoms with van der Waals surface area (Å²) in [5, 5.41) is 4.00. The van der Waals surface area contributed by atoms with Gasteiger partial charge in [0.1, 0.15) is 23.3 Å². The maximum Gasteiger partial charge on any atom is 0.293 e. The van der Waals surface area contributed by atoms with Gasteiger partial charge in [-0.05, 0) is 49.1 Å². The highest BCUT2D eigenvalue weighted by Gasteiger charge is 2.33. The molecule has 32 heavy (non-hydrogen) atoms. The zero-order valence-corrected chi connectivity index (χ0v) is 17.4. The summed E-state index contributed by atoms with van der Waals surface area (Å²) in [5.41, 5.74) is 2.31. The van der Waals surface area contributed by atoms with Gasteiger partial charge in [0.25, 0.3) is 5.91 Å². The predicted octanol–water partition coefficient (Wildman–Crippen LogP) is 5.43. The van der Waals surface area contributed by atoms with Gasteiger partial charge in [-0.1, -0.05) is 35.5 Å². The maximum absolute atomic E-state index is 13.2. The molecule has 3 heterocycles. The van der Waals surface area contributed by atoms with Gasteiger partial charge in [-0.25, -0.2) is 9.37 Å². The number of hydrogen-bond acceptors (Lipinski definition) is 5. The molecular formula is C25H22FN3O3. The molecule has 0 bridgehead atoms. The molecule has 2 aromatic heterocycles. The van der Waals surface area contributed by atoms with Crippen LogP contribution in [0.2, 0.25) is 0 Å². The summed E-state index contributed by atoms with van der Waals surface area (Å²) in [6.07, 6.45) is 5.05. The third kappa shape index (κ3) is 4.19. The molecule has 162 valence electrons. The summed E-state index contributed by atoms with van der Waals surface area (Å²) < 4.78 is 24.6. The second kappa shape index (κ2) is 8.78. The number of rotatable bonds is 5. The largest absolute Gasteiger partial charge is 0.443 e. The lowest BCUT2D eigenvalue weighted by molar-refractivity contribution is 0.0528. The van der Waals surface area contributed by atoms with Gasteiger partial charge in [0.15, 0.2) is 0 Å². The minimum Gasteiger partial charge on any atom is -0.443 e. The van der Waals surface area contributed by atoms with Crippen LogP contribution in [0.1, 0.15) is 53.1 Å². The van der Waals surface area contributed by atoms with Crippen molar-refractivity contribution in [2.45, 2.75) is 31.7 Å². The van der Waals surface area contributed by atoms with Crippen LogP contribution in [0.15, 0.2) is 75.8 Å². The van der Waals surface area contributed by atoms with Crippen molar-refractivity contribution in [3.8, 4) is 11.3 Å². The Kier molecular flexibility index (Phi) is 5.54. The van der Waals surface area contributed by atoms with Crippen LogP contribution in [0, 0.1) is 5.82 Å². The van der Waals surface area contributed by atoms with E-state index < -0.39 is 0 Å². The Morgan fingerprint density at radius 3 is 2.72 bits per heavy atom. The lowest BCUT2D eigenvalue weighted by atomic mass is 10.0. The summed E-state index contributed by atoms with van der Waals surface area (Å²) in [7, 11) is 0. The Labute approximate surface area is 184 Å². The molecule has 2 aromatic carbocycles. The number of hydrogen-bond donors (Lipinski definition) is 0. The Balaban J connectivity index is 1.35. The first-order valence-electron chi connectivity index (χ1n) is 10.7. The van der Waals surface area contributed by atoms with Crippen LogP contribution in [-0.2, 0) is 6.42 Å². The highest BCUT2D eigenvalue weighted by Crippen LogP contribution is 2.33. The minimum atomic E-state index is -0.331. The molecule has 6 nitrogen and oxygen atoms in total. The zero-order chi connectivity index (χ0) is 21.9. The van der Waals surface area contributed by atoms with Gasteiger partial charge < -0.3 is 13.8 Å². The van der Waals surface area contributed by atoms with E-state index in [1.807, 2.05) is 30.3 Å². The molecule has 1 atom stereocenters. The van der Waals surface area contributed by atoms with Gasteiger partial charge in [-0.2, -0.15) is 0 Å². The maximum atomic E-state index is 13.2. The molecule has 0 spiro atoms. The number of carbonyl (C=O) groups excluding carboxylic acids is 1.